The number of ketones is 1. The van der Waals surface area contributed by atoms with Crippen LogP contribution in [-0.2, 0) is 4.79 Å². The van der Waals surface area contributed by atoms with Crippen LogP contribution in [0.25, 0.3) is 0 Å². The number of allylic oxidation sites excluding steroid dienone is 1. The van der Waals surface area contributed by atoms with Crippen molar-refractivity contribution in [3.05, 3.63) is 35.0 Å². The van der Waals surface area contributed by atoms with Gasteiger partial charge in [0.15, 0.2) is 17.3 Å². The van der Waals surface area contributed by atoms with Crippen LogP contribution in [0, 0.1) is 0 Å². The predicted molar refractivity (Wildman–Crippen MR) is 75.3 cm³/mol. The van der Waals surface area contributed by atoms with E-state index in [0.717, 1.165) is 5.01 Å². The predicted octanol–water partition coefficient (Wildman–Crippen LogP) is 1.20. The summed E-state index contributed by atoms with van der Waals surface area (Å²) >= 11 is 0. The molecule has 1 aliphatic heterocycles. The summed E-state index contributed by atoms with van der Waals surface area (Å²) in [6, 6.07) is 3.50. The van der Waals surface area contributed by atoms with Gasteiger partial charge in [-0.25, -0.2) is 15.6 Å². The Morgan fingerprint density at radius 3 is 2.71 bits per heavy atom. The molecule has 1 aromatic carbocycles. The molecular formula is C14H17N3O4. The van der Waals surface area contributed by atoms with Gasteiger partial charge < -0.3 is 15.2 Å². The fourth-order valence-corrected chi connectivity index (χ4v) is 2.34. The molecule has 1 aliphatic rings. The summed E-state index contributed by atoms with van der Waals surface area (Å²) < 4.78 is 5.05. The van der Waals surface area contributed by atoms with Crippen molar-refractivity contribution in [2.45, 2.75) is 19.9 Å². The molecule has 0 bridgehead atoms. The van der Waals surface area contributed by atoms with Crippen LogP contribution in [0.5, 0.6) is 11.5 Å². The van der Waals surface area contributed by atoms with Crippen molar-refractivity contribution in [1.82, 2.24) is 10.3 Å². The molecule has 0 saturated carbocycles. The molecule has 7 heteroatoms. The number of hydrogen-bond donors (Lipinski definition) is 3. The van der Waals surface area contributed by atoms with Crippen molar-refractivity contribution in [1.29, 1.82) is 0 Å². The maximum absolute atomic E-state index is 11.9. The second-order valence-electron chi connectivity index (χ2n) is 4.74. The van der Waals surface area contributed by atoms with Crippen molar-refractivity contribution >= 4 is 11.8 Å². The maximum Gasteiger partial charge on any atom is 0.336 e. The molecule has 2 amide bonds. The molecule has 7 nitrogen and oxygen atoms in total. The van der Waals surface area contributed by atoms with Crippen molar-refractivity contribution in [2.24, 2.45) is 5.84 Å². The molecule has 0 radical (unpaired) electrons. The Bertz CT molecular complexity index is 639. The van der Waals surface area contributed by atoms with E-state index in [9.17, 15) is 14.7 Å². The molecule has 0 aromatic heterocycles. The van der Waals surface area contributed by atoms with Crippen molar-refractivity contribution in [2.75, 3.05) is 7.11 Å². The summed E-state index contributed by atoms with van der Waals surface area (Å²) in [5.74, 6) is 5.66. The van der Waals surface area contributed by atoms with E-state index < -0.39 is 12.1 Å². The summed E-state index contributed by atoms with van der Waals surface area (Å²) in [7, 11) is 1.42. The molecule has 0 spiro atoms. The maximum atomic E-state index is 11.9. The molecule has 1 atom stereocenters. The number of rotatable bonds is 3. The number of carbonyl (C=O) groups is 2. The third-order valence-corrected chi connectivity index (χ3v) is 3.44. The van der Waals surface area contributed by atoms with E-state index in [1.54, 1.807) is 19.1 Å². The minimum atomic E-state index is -0.635. The largest absolute Gasteiger partial charge is 0.504 e. The summed E-state index contributed by atoms with van der Waals surface area (Å²) in [5, 5.41) is 13.2. The van der Waals surface area contributed by atoms with Crippen LogP contribution in [-0.4, -0.2) is 29.0 Å². The number of hydrazine groups is 1. The number of phenols is 1. The zero-order valence-corrected chi connectivity index (χ0v) is 12.0. The van der Waals surface area contributed by atoms with Crippen LogP contribution in [0.15, 0.2) is 29.5 Å². The number of Topliss-reactive ketones (excluding diaryl/α,β-unsaturated/α-hetero) is 1. The van der Waals surface area contributed by atoms with E-state index in [0.29, 0.717) is 16.8 Å². The van der Waals surface area contributed by atoms with Gasteiger partial charge in [-0.2, -0.15) is 0 Å². The van der Waals surface area contributed by atoms with Gasteiger partial charge >= 0.3 is 6.03 Å². The van der Waals surface area contributed by atoms with E-state index in [-0.39, 0.29) is 17.3 Å². The summed E-state index contributed by atoms with van der Waals surface area (Å²) in [6.45, 7) is 3.02. The van der Waals surface area contributed by atoms with Gasteiger partial charge in [-0.15, -0.1) is 0 Å². The highest BCUT2D eigenvalue weighted by Gasteiger charge is 2.33. The monoisotopic (exact) mass is 291 g/mol. The van der Waals surface area contributed by atoms with Gasteiger partial charge in [-0.05, 0) is 31.5 Å². The first-order chi connectivity index (χ1) is 9.86. The quantitative estimate of drug-likeness (QED) is 0.573. The second kappa shape index (κ2) is 5.45. The molecule has 2 rings (SSSR count). The van der Waals surface area contributed by atoms with Crippen molar-refractivity contribution in [3.8, 4) is 11.5 Å². The van der Waals surface area contributed by atoms with Crippen LogP contribution in [0.4, 0.5) is 4.79 Å². The van der Waals surface area contributed by atoms with Crippen LogP contribution in [0.1, 0.15) is 25.5 Å². The number of phenolic OH excluding ortho intramolecular Hbond substituents is 1. The van der Waals surface area contributed by atoms with E-state index in [1.807, 2.05) is 0 Å². The smallest absolute Gasteiger partial charge is 0.336 e. The number of aromatic hydroxyl groups is 1. The lowest BCUT2D eigenvalue weighted by molar-refractivity contribution is -0.114. The molecule has 1 aromatic rings. The fourth-order valence-electron chi connectivity index (χ4n) is 2.34. The number of benzene rings is 1. The molecule has 21 heavy (non-hydrogen) atoms. The number of methoxy groups -OCH3 is 1. The fraction of sp³-hybridized carbons (Fsp3) is 0.286. The van der Waals surface area contributed by atoms with Gasteiger partial charge in [0.2, 0.25) is 0 Å². The third-order valence-electron chi connectivity index (χ3n) is 3.44. The topological polar surface area (TPSA) is 105 Å². The zero-order chi connectivity index (χ0) is 15.7. The number of nitrogens with one attached hydrogen (secondary N) is 1. The average Bonchev–Trinajstić information content (AvgIpc) is 2.44. The number of ether oxygens (including phenoxy) is 1. The molecule has 0 saturated heterocycles. The zero-order valence-electron chi connectivity index (χ0n) is 12.0. The van der Waals surface area contributed by atoms with Crippen LogP contribution in [0.3, 0.4) is 0 Å². The number of urea groups is 1. The number of amides is 2. The minimum absolute atomic E-state index is 0.0195. The summed E-state index contributed by atoms with van der Waals surface area (Å²) in [4.78, 5) is 23.7. The van der Waals surface area contributed by atoms with Crippen LogP contribution < -0.4 is 15.9 Å². The van der Waals surface area contributed by atoms with Gasteiger partial charge in [0.25, 0.3) is 0 Å². The molecule has 1 heterocycles. The summed E-state index contributed by atoms with van der Waals surface area (Å²) in [5.41, 5.74) is 1.41. The Labute approximate surface area is 122 Å². The number of nitrogens with two attached hydrogens (primary N) is 1. The second-order valence-corrected chi connectivity index (χ2v) is 4.74. The number of nitrogens with zero attached hydrogens (tertiary/aromatic N) is 1. The summed E-state index contributed by atoms with van der Waals surface area (Å²) in [6.07, 6.45) is 0. The Morgan fingerprint density at radius 2 is 2.14 bits per heavy atom. The first-order valence-corrected chi connectivity index (χ1v) is 6.30. The van der Waals surface area contributed by atoms with Gasteiger partial charge in [0.1, 0.15) is 0 Å². The first-order valence-electron chi connectivity index (χ1n) is 6.30. The molecule has 112 valence electrons. The molecule has 4 N–H and O–H groups in total. The number of carbonyl (C=O) groups excluding carboxylic acids is 2. The highest BCUT2D eigenvalue weighted by Crippen LogP contribution is 2.34. The number of hydrogen-bond acceptors (Lipinski definition) is 5. The van der Waals surface area contributed by atoms with E-state index >= 15 is 0 Å². The lowest BCUT2D eigenvalue weighted by Gasteiger charge is -2.32. The standard InChI is InChI=1S/C14H17N3O4/c1-7-12(8(2)18)13(16-14(20)17(7)15)9-4-5-10(19)11(6-9)21-3/h4-6,13,19H,15H2,1-3H3,(H,16,20)/t13-/m1/s1. The molecule has 0 unspecified atom stereocenters. The Kier molecular flexibility index (Phi) is 3.86. The van der Waals surface area contributed by atoms with E-state index in [4.69, 9.17) is 10.6 Å². The normalized spacial score (nSPS) is 18.6. The van der Waals surface area contributed by atoms with Crippen molar-refractivity contribution < 1.29 is 19.4 Å². The molecular weight excluding hydrogens is 274 g/mol. The van der Waals surface area contributed by atoms with Crippen LogP contribution >= 0.6 is 0 Å². The Hall–Kier alpha value is -2.54. The lowest BCUT2D eigenvalue weighted by Crippen LogP contribution is -2.50. The SMILES string of the molecule is COc1cc([C@H]2NC(=O)N(N)C(C)=C2C(C)=O)ccc1O. The Morgan fingerprint density at radius 1 is 1.48 bits per heavy atom. The van der Waals surface area contributed by atoms with E-state index in [1.165, 1.54) is 20.1 Å². The van der Waals surface area contributed by atoms with Gasteiger partial charge in [0, 0.05) is 11.3 Å². The van der Waals surface area contributed by atoms with Gasteiger partial charge in [-0.3, -0.25) is 4.79 Å². The Balaban J connectivity index is 2.55. The highest BCUT2D eigenvalue weighted by atomic mass is 16.5. The minimum Gasteiger partial charge on any atom is -0.504 e. The van der Waals surface area contributed by atoms with Gasteiger partial charge in [-0.1, -0.05) is 6.07 Å². The third kappa shape index (κ3) is 2.55. The average molecular weight is 291 g/mol. The molecule has 0 fully saturated rings. The highest BCUT2D eigenvalue weighted by molar-refractivity contribution is 5.98. The first kappa shape index (κ1) is 14.9. The molecule has 0 aliphatic carbocycles. The van der Waals surface area contributed by atoms with Gasteiger partial charge in [0.05, 0.1) is 13.2 Å². The van der Waals surface area contributed by atoms with Crippen molar-refractivity contribution in [3.63, 3.8) is 0 Å². The van der Waals surface area contributed by atoms with E-state index in [2.05, 4.69) is 5.32 Å². The van der Waals surface area contributed by atoms with Crippen LogP contribution in [0.2, 0.25) is 0 Å². The lowest BCUT2D eigenvalue weighted by atomic mass is 9.92.